The lowest BCUT2D eigenvalue weighted by molar-refractivity contribution is -0.138. The lowest BCUT2D eigenvalue weighted by atomic mass is 10.1. The van der Waals surface area contributed by atoms with Crippen molar-refractivity contribution in [1.82, 2.24) is 4.90 Å². The minimum absolute atomic E-state index is 0.0345. The zero-order valence-corrected chi connectivity index (χ0v) is 15.2. The van der Waals surface area contributed by atoms with Crippen LogP contribution < -0.4 is 14.8 Å². The van der Waals surface area contributed by atoms with Gasteiger partial charge in [0.1, 0.15) is 11.5 Å². The molecule has 6 heteroatoms. The minimum atomic E-state index is -0.801. The van der Waals surface area contributed by atoms with Crippen LogP contribution in [0.1, 0.15) is 24.8 Å². The number of nitrogens with one attached hydrogen (secondary N) is 1. The molecule has 2 amide bonds. The van der Waals surface area contributed by atoms with Crippen LogP contribution in [0.2, 0.25) is 0 Å². The molecule has 0 radical (unpaired) electrons. The van der Waals surface area contributed by atoms with Crippen molar-refractivity contribution in [2.45, 2.75) is 38.0 Å². The molecule has 1 heterocycles. The lowest BCUT2D eigenvalue weighted by Gasteiger charge is -2.28. The van der Waals surface area contributed by atoms with Gasteiger partial charge in [0.25, 0.3) is 5.91 Å². The van der Waals surface area contributed by atoms with Crippen molar-refractivity contribution >= 4 is 17.5 Å². The Morgan fingerprint density at radius 3 is 2.63 bits per heavy atom. The molecule has 0 bridgehead atoms. The number of carbonyl (C=O) groups excluding carboxylic acids is 2. The highest BCUT2D eigenvalue weighted by atomic mass is 16.5. The van der Waals surface area contributed by atoms with Gasteiger partial charge in [-0.1, -0.05) is 24.3 Å². The lowest BCUT2D eigenvalue weighted by Crippen LogP contribution is -2.42. The fourth-order valence-corrected chi connectivity index (χ4v) is 3.24. The zero-order chi connectivity index (χ0) is 18.8. The van der Waals surface area contributed by atoms with E-state index in [9.17, 15) is 9.59 Å². The topological polar surface area (TPSA) is 67.9 Å². The van der Waals surface area contributed by atoms with Crippen molar-refractivity contribution in [1.29, 1.82) is 0 Å². The van der Waals surface area contributed by atoms with E-state index >= 15 is 0 Å². The van der Waals surface area contributed by atoms with E-state index < -0.39 is 6.10 Å². The summed E-state index contributed by atoms with van der Waals surface area (Å²) in [5.41, 5.74) is 1.68. The highest BCUT2D eigenvalue weighted by molar-refractivity contribution is 6.00. The maximum Gasteiger partial charge on any atom is 0.266 e. The number of rotatable bonds is 6. The summed E-state index contributed by atoms with van der Waals surface area (Å²) >= 11 is 0. The fraction of sp³-hybridized carbons (Fsp3) is 0.333. The first kappa shape index (κ1) is 17.4. The number of fused-ring (bicyclic) bond motifs is 1. The third-order valence-electron chi connectivity index (χ3n) is 4.89. The Kier molecular flexibility index (Phi) is 4.71. The van der Waals surface area contributed by atoms with Crippen molar-refractivity contribution < 1.29 is 19.1 Å². The first-order valence-electron chi connectivity index (χ1n) is 9.13. The van der Waals surface area contributed by atoms with E-state index in [0.717, 1.165) is 24.2 Å². The summed E-state index contributed by atoms with van der Waals surface area (Å²) in [5.74, 6) is 1.05. The van der Waals surface area contributed by atoms with Gasteiger partial charge in [-0.05, 0) is 42.7 Å². The molecule has 2 aromatic carbocycles. The number of ether oxygens (including phenoxy) is 2. The van der Waals surface area contributed by atoms with Crippen molar-refractivity contribution in [3.05, 3.63) is 54.1 Å². The second-order valence-electron chi connectivity index (χ2n) is 6.90. The molecule has 1 aliphatic carbocycles. The number of carbonyl (C=O) groups is 2. The number of methoxy groups -OCH3 is 1. The van der Waals surface area contributed by atoms with Crippen molar-refractivity contribution in [2.75, 3.05) is 12.4 Å². The van der Waals surface area contributed by atoms with Crippen LogP contribution in [0.25, 0.3) is 0 Å². The molecule has 4 rings (SSSR count). The first-order valence-corrected chi connectivity index (χ1v) is 9.13. The van der Waals surface area contributed by atoms with E-state index in [4.69, 9.17) is 9.47 Å². The van der Waals surface area contributed by atoms with Gasteiger partial charge in [-0.2, -0.15) is 0 Å². The molecule has 0 saturated heterocycles. The van der Waals surface area contributed by atoms with Gasteiger partial charge in [0.05, 0.1) is 19.2 Å². The van der Waals surface area contributed by atoms with Crippen LogP contribution >= 0.6 is 0 Å². The molecule has 0 unspecified atom stereocenters. The Morgan fingerprint density at radius 1 is 1.19 bits per heavy atom. The Labute approximate surface area is 158 Å². The second kappa shape index (κ2) is 7.31. The summed E-state index contributed by atoms with van der Waals surface area (Å²) in [6.07, 6.45) is 1.24. The van der Waals surface area contributed by atoms with Crippen LogP contribution in [0.3, 0.4) is 0 Å². The van der Waals surface area contributed by atoms with Crippen LogP contribution in [0, 0.1) is 0 Å². The summed E-state index contributed by atoms with van der Waals surface area (Å²) in [7, 11) is 1.63. The van der Waals surface area contributed by atoms with Gasteiger partial charge in [0.15, 0.2) is 6.10 Å². The molecule has 6 nitrogen and oxygen atoms in total. The number of anilines is 1. The predicted octanol–water partition coefficient (Wildman–Crippen LogP) is 2.98. The minimum Gasteiger partial charge on any atom is -0.497 e. The van der Waals surface area contributed by atoms with Gasteiger partial charge in [0.2, 0.25) is 5.91 Å². The monoisotopic (exact) mass is 366 g/mol. The van der Waals surface area contributed by atoms with Gasteiger partial charge in [0, 0.05) is 12.6 Å². The number of benzene rings is 2. The molecule has 140 valence electrons. The Balaban J connectivity index is 1.44. The predicted molar refractivity (Wildman–Crippen MR) is 101 cm³/mol. The zero-order valence-electron chi connectivity index (χ0n) is 15.2. The number of amides is 2. The third kappa shape index (κ3) is 3.89. The summed E-state index contributed by atoms with van der Waals surface area (Å²) < 4.78 is 11.0. The van der Waals surface area contributed by atoms with Crippen LogP contribution in [-0.2, 0) is 16.1 Å². The standard InChI is InChI=1S/C21H22N2O4/c1-26-16-10-6-14(7-11-16)13-23(15-8-9-15)20(24)12-19-21(25)22-17-4-2-3-5-18(17)27-19/h2-7,10-11,15,19H,8-9,12-13H2,1H3,(H,22,25)/t19-/m1/s1. The molecule has 1 atom stereocenters. The van der Waals surface area contributed by atoms with Crippen LogP contribution in [0.5, 0.6) is 11.5 Å². The van der Waals surface area contributed by atoms with Crippen LogP contribution in [0.15, 0.2) is 48.5 Å². The van der Waals surface area contributed by atoms with Crippen molar-refractivity contribution in [3.63, 3.8) is 0 Å². The molecule has 2 aliphatic rings. The maximum atomic E-state index is 12.9. The molecule has 27 heavy (non-hydrogen) atoms. The first-order chi connectivity index (χ1) is 13.1. The smallest absolute Gasteiger partial charge is 0.266 e. The second-order valence-corrected chi connectivity index (χ2v) is 6.90. The van der Waals surface area contributed by atoms with Crippen LogP contribution in [0.4, 0.5) is 5.69 Å². The van der Waals surface area contributed by atoms with E-state index in [0.29, 0.717) is 18.0 Å². The van der Waals surface area contributed by atoms with Crippen molar-refractivity contribution in [2.24, 2.45) is 0 Å². The largest absolute Gasteiger partial charge is 0.497 e. The average Bonchev–Trinajstić information content (AvgIpc) is 3.52. The van der Waals surface area contributed by atoms with E-state index in [2.05, 4.69) is 5.32 Å². The van der Waals surface area contributed by atoms with Gasteiger partial charge in [-0.3, -0.25) is 9.59 Å². The van der Waals surface area contributed by atoms with Crippen molar-refractivity contribution in [3.8, 4) is 11.5 Å². The van der Waals surface area contributed by atoms with Crippen LogP contribution in [-0.4, -0.2) is 36.0 Å². The Hall–Kier alpha value is -3.02. The normalized spacial score (nSPS) is 18.1. The summed E-state index contributed by atoms with van der Waals surface area (Å²) in [4.78, 5) is 27.1. The summed E-state index contributed by atoms with van der Waals surface area (Å²) in [6, 6.07) is 15.2. The van der Waals surface area contributed by atoms with E-state index in [1.807, 2.05) is 41.3 Å². The summed E-state index contributed by atoms with van der Waals surface area (Å²) in [6.45, 7) is 0.526. The van der Waals surface area contributed by atoms with E-state index in [1.165, 1.54) is 0 Å². The maximum absolute atomic E-state index is 12.9. The SMILES string of the molecule is COc1ccc(CN(C(=O)C[C@H]2Oc3ccccc3NC2=O)C2CC2)cc1. The highest BCUT2D eigenvalue weighted by Gasteiger charge is 2.36. The molecule has 1 N–H and O–H groups in total. The van der Waals surface area contributed by atoms with E-state index in [1.54, 1.807) is 19.2 Å². The molecule has 1 aliphatic heterocycles. The average molecular weight is 366 g/mol. The highest BCUT2D eigenvalue weighted by Crippen LogP contribution is 2.32. The molecule has 0 spiro atoms. The molecular weight excluding hydrogens is 344 g/mol. The third-order valence-corrected chi connectivity index (χ3v) is 4.89. The van der Waals surface area contributed by atoms with Gasteiger partial charge < -0.3 is 19.7 Å². The van der Waals surface area contributed by atoms with Gasteiger partial charge in [-0.15, -0.1) is 0 Å². The number of hydrogen-bond donors (Lipinski definition) is 1. The molecular formula is C21H22N2O4. The number of para-hydroxylation sites is 2. The molecule has 1 saturated carbocycles. The molecule has 2 aromatic rings. The molecule has 1 fully saturated rings. The number of nitrogens with zero attached hydrogens (tertiary/aromatic N) is 1. The fourth-order valence-electron chi connectivity index (χ4n) is 3.24. The van der Waals surface area contributed by atoms with Gasteiger partial charge in [-0.25, -0.2) is 0 Å². The molecule has 0 aromatic heterocycles. The Bertz CT molecular complexity index is 846. The number of hydrogen-bond acceptors (Lipinski definition) is 4. The summed E-state index contributed by atoms with van der Waals surface area (Å²) in [5, 5.41) is 2.81. The van der Waals surface area contributed by atoms with Gasteiger partial charge >= 0.3 is 0 Å². The van der Waals surface area contributed by atoms with E-state index in [-0.39, 0.29) is 24.3 Å². The Morgan fingerprint density at radius 2 is 1.93 bits per heavy atom. The quantitative estimate of drug-likeness (QED) is 0.853.